The van der Waals surface area contributed by atoms with Gasteiger partial charge in [-0.25, -0.2) is 4.99 Å². The van der Waals surface area contributed by atoms with Crippen molar-refractivity contribution in [2.24, 2.45) is 4.99 Å². The van der Waals surface area contributed by atoms with E-state index < -0.39 is 24.5 Å². The monoisotopic (exact) mass is 253 g/mol. The zero-order valence-electron chi connectivity index (χ0n) is 9.60. The van der Waals surface area contributed by atoms with Crippen LogP contribution in [0.1, 0.15) is 5.56 Å². The van der Waals surface area contributed by atoms with Gasteiger partial charge in [0.15, 0.2) is 6.23 Å². The fourth-order valence-corrected chi connectivity index (χ4v) is 2.32. The lowest BCUT2D eigenvalue weighted by Crippen LogP contribution is -2.43. The third kappa shape index (κ3) is 1.72. The van der Waals surface area contributed by atoms with Crippen LogP contribution < -0.4 is 0 Å². The van der Waals surface area contributed by atoms with Gasteiger partial charge in [-0.15, -0.1) is 0 Å². The van der Waals surface area contributed by atoms with Gasteiger partial charge in [-0.05, 0) is 6.07 Å². The lowest BCUT2D eigenvalue weighted by molar-refractivity contribution is -0.0726. The van der Waals surface area contributed by atoms with Crippen molar-refractivity contribution in [1.82, 2.24) is 9.88 Å². The van der Waals surface area contributed by atoms with Gasteiger partial charge in [-0.2, -0.15) is 0 Å². The third-order valence-electron chi connectivity index (χ3n) is 3.34. The predicted molar refractivity (Wildman–Crippen MR) is 62.2 cm³/mol. The molecule has 4 N–H and O–H groups in total. The highest BCUT2D eigenvalue weighted by Gasteiger charge is 2.45. The van der Waals surface area contributed by atoms with E-state index in [4.69, 9.17) is 9.84 Å². The number of aromatic nitrogens is 1. The van der Waals surface area contributed by atoms with Crippen LogP contribution in [0.15, 0.2) is 17.3 Å². The summed E-state index contributed by atoms with van der Waals surface area (Å²) in [5.41, 5.74) is 0.996. The molecule has 1 fully saturated rings. The summed E-state index contributed by atoms with van der Waals surface area (Å²) in [5.74, 6) is 0.790. The highest BCUT2D eigenvalue weighted by atomic mass is 16.6. The quantitative estimate of drug-likeness (QED) is 0.537. The number of nitrogens with one attached hydrogen (secondary N) is 1. The minimum absolute atomic E-state index is 0.324. The van der Waals surface area contributed by atoms with Crippen LogP contribution in [0.3, 0.4) is 0 Å². The van der Waals surface area contributed by atoms with Crippen molar-refractivity contribution >= 4 is 12.2 Å². The molecule has 0 unspecified atom stereocenters. The van der Waals surface area contributed by atoms with Crippen molar-refractivity contribution in [2.45, 2.75) is 31.1 Å². The van der Waals surface area contributed by atoms with Gasteiger partial charge >= 0.3 is 0 Å². The third-order valence-corrected chi connectivity index (χ3v) is 3.34. The Bertz CT molecular complexity index is 461. The summed E-state index contributed by atoms with van der Waals surface area (Å²) < 4.78 is 5.44. The fourth-order valence-electron chi connectivity index (χ4n) is 2.32. The van der Waals surface area contributed by atoms with E-state index >= 15 is 0 Å². The second-order valence-electron chi connectivity index (χ2n) is 4.50. The number of ether oxygens (including phenoxy) is 1. The summed E-state index contributed by atoms with van der Waals surface area (Å²) >= 11 is 0. The Morgan fingerprint density at radius 1 is 1.44 bits per heavy atom. The molecule has 0 bridgehead atoms. The molecule has 0 radical (unpaired) electrons. The number of hydrogen-bond donors (Lipinski definition) is 4. The molecule has 1 aromatic heterocycles. The largest absolute Gasteiger partial charge is 0.394 e. The van der Waals surface area contributed by atoms with Gasteiger partial charge in [0.1, 0.15) is 24.1 Å². The topological polar surface area (TPSA) is 101 Å². The summed E-state index contributed by atoms with van der Waals surface area (Å²) in [6, 6.07) is 1.90. The van der Waals surface area contributed by atoms with Gasteiger partial charge in [-0.3, -0.25) is 0 Å². The van der Waals surface area contributed by atoms with Crippen LogP contribution in [0.4, 0.5) is 5.82 Å². The predicted octanol–water partition coefficient (Wildman–Crippen LogP) is -1.07. The molecule has 0 spiro atoms. The average molecular weight is 253 g/mol. The number of hydrogen-bond acceptors (Lipinski definition) is 6. The molecule has 98 valence electrons. The van der Waals surface area contributed by atoms with Gasteiger partial charge in [0.05, 0.1) is 19.5 Å². The smallest absolute Gasteiger partial charge is 0.160 e. The van der Waals surface area contributed by atoms with Crippen LogP contribution in [-0.4, -0.2) is 62.7 Å². The number of aliphatic hydroxyl groups is 3. The molecule has 2 aliphatic rings. The molecule has 7 heteroatoms. The molecule has 3 heterocycles. The SMILES string of the molecule is OC[C@H]1O[C@@H](N2C=Nc3[nH]ccc3C2)[C@H](O)[C@@H]1O. The molecule has 18 heavy (non-hydrogen) atoms. The molecule has 2 aliphatic heterocycles. The molecule has 0 amide bonds. The average Bonchev–Trinajstić information content (AvgIpc) is 2.95. The minimum atomic E-state index is -1.08. The number of nitrogens with zero attached hydrogens (tertiary/aromatic N) is 2. The molecule has 0 aliphatic carbocycles. The van der Waals surface area contributed by atoms with Gasteiger partial charge in [0, 0.05) is 11.8 Å². The first-order valence-corrected chi connectivity index (χ1v) is 5.79. The Morgan fingerprint density at radius 3 is 3.00 bits per heavy atom. The Balaban J connectivity index is 1.77. The zero-order valence-corrected chi connectivity index (χ0v) is 9.60. The fraction of sp³-hybridized carbons (Fsp3) is 0.545. The first kappa shape index (κ1) is 11.7. The number of aromatic amines is 1. The van der Waals surface area contributed by atoms with E-state index in [2.05, 4.69) is 9.98 Å². The number of H-pyrrole nitrogens is 1. The zero-order chi connectivity index (χ0) is 12.7. The summed E-state index contributed by atoms with van der Waals surface area (Å²) in [6.45, 7) is 0.212. The highest BCUT2D eigenvalue weighted by Crippen LogP contribution is 2.28. The second kappa shape index (κ2) is 4.36. The molecule has 1 saturated heterocycles. The van der Waals surface area contributed by atoms with Crippen LogP contribution in [0, 0.1) is 0 Å². The van der Waals surface area contributed by atoms with E-state index in [0.29, 0.717) is 6.54 Å². The number of rotatable bonds is 2. The summed E-state index contributed by atoms with van der Waals surface area (Å²) in [4.78, 5) is 8.90. The molecule has 4 atom stereocenters. The van der Waals surface area contributed by atoms with E-state index in [1.54, 1.807) is 17.4 Å². The van der Waals surface area contributed by atoms with Gasteiger partial charge < -0.3 is 29.9 Å². The van der Waals surface area contributed by atoms with Crippen LogP contribution in [0.25, 0.3) is 0 Å². The maximum Gasteiger partial charge on any atom is 0.160 e. The first-order chi connectivity index (χ1) is 8.70. The summed E-state index contributed by atoms with van der Waals surface area (Å²) in [5, 5.41) is 28.7. The summed E-state index contributed by atoms with van der Waals surface area (Å²) in [6.07, 6.45) is -0.229. The van der Waals surface area contributed by atoms with E-state index in [1.165, 1.54) is 0 Å². The molecule has 3 rings (SSSR count). The summed E-state index contributed by atoms with van der Waals surface area (Å²) in [7, 11) is 0. The molecule has 0 aromatic carbocycles. The Hall–Kier alpha value is -1.41. The lowest BCUT2D eigenvalue weighted by atomic mass is 10.1. The number of fused-ring (bicyclic) bond motifs is 1. The number of aliphatic imine (C=N–C) groups is 1. The minimum Gasteiger partial charge on any atom is -0.394 e. The first-order valence-electron chi connectivity index (χ1n) is 5.79. The normalized spacial score (nSPS) is 34.9. The van der Waals surface area contributed by atoms with Crippen molar-refractivity contribution in [3.8, 4) is 0 Å². The molecule has 7 nitrogen and oxygen atoms in total. The molecular weight excluding hydrogens is 238 g/mol. The van der Waals surface area contributed by atoms with E-state index in [0.717, 1.165) is 11.4 Å². The molecule has 1 aromatic rings. The standard InChI is InChI=1S/C11H15N3O4/c15-4-7-8(16)9(17)11(18-7)14-3-6-1-2-12-10(6)13-5-14/h1-2,5,7-9,11-12,15-17H,3-4H2/t7-,8-,9-,11-/m1/s1. The van der Waals surface area contributed by atoms with Crippen molar-refractivity contribution in [3.05, 3.63) is 17.8 Å². The van der Waals surface area contributed by atoms with Crippen molar-refractivity contribution < 1.29 is 20.1 Å². The maximum absolute atomic E-state index is 9.91. The Morgan fingerprint density at radius 2 is 2.28 bits per heavy atom. The number of aliphatic hydroxyl groups excluding tert-OH is 3. The second-order valence-corrected chi connectivity index (χ2v) is 4.50. The highest BCUT2D eigenvalue weighted by molar-refractivity contribution is 5.65. The molecule has 0 saturated carbocycles. The Labute approximate surface area is 103 Å². The Kier molecular flexibility index (Phi) is 2.83. The van der Waals surface area contributed by atoms with Crippen LogP contribution in [0.5, 0.6) is 0 Å². The lowest BCUT2D eigenvalue weighted by Gasteiger charge is -2.30. The van der Waals surface area contributed by atoms with Crippen molar-refractivity contribution in [2.75, 3.05) is 6.61 Å². The van der Waals surface area contributed by atoms with Crippen LogP contribution >= 0.6 is 0 Å². The van der Waals surface area contributed by atoms with E-state index in [1.807, 2.05) is 6.07 Å². The van der Waals surface area contributed by atoms with Crippen LogP contribution in [0.2, 0.25) is 0 Å². The van der Waals surface area contributed by atoms with Gasteiger partial charge in [0.2, 0.25) is 0 Å². The molecular formula is C11H15N3O4. The maximum atomic E-state index is 9.91. The van der Waals surface area contributed by atoms with E-state index in [-0.39, 0.29) is 6.61 Å². The van der Waals surface area contributed by atoms with Crippen molar-refractivity contribution in [1.29, 1.82) is 0 Å². The van der Waals surface area contributed by atoms with Gasteiger partial charge in [-0.1, -0.05) is 0 Å². The van der Waals surface area contributed by atoms with Gasteiger partial charge in [0.25, 0.3) is 0 Å². The van der Waals surface area contributed by atoms with E-state index in [9.17, 15) is 10.2 Å². The van der Waals surface area contributed by atoms with Crippen molar-refractivity contribution in [3.63, 3.8) is 0 Å². The van der Waals surface area contributed by atoms with Crippen LogP contribution in [-0.2, 0) is 11.3 Å².